The second kappa shape index (κ2) is 5.36. The van der Waals surface area contributed by atoms with Crippen LogP contribution in [-0.2, 0) is 5.41 Å². The minimum absolute atomic E-state index is 0.191. The van der Waals surface area contributed by atoms with E-state index in [1.807, 2.05) is 11.3 Å². The minimum Gasteiger partial charge on any atom is -0.309 e. The SMILES string of the molecule is CC(C)(C)NC/C=C/c1ccc(C(C)(C)C)s1. The first-order valence-electron chi connectivity index (χ1n) is 6.20. The number of hydrogen-bond donors (Lipinski definition) is 1. The lowest BCUT2D eigenvalue weighted by molar-refractivity contribution is 0.450. The van der Waals surface area contributed by atoms with Gasteiger partial charge in [-0.1, -0.05) is 26.8 Å². The maximum atomic E-state index is 3.45. The van der Waals surface area contributed by atoms with E-state index in [0.717, 1.165) is 6.54 Å². The summed E-state index contributed by atoms with van der Waals surface area (Å²) in [7, 11) is 0. The summed E-state index contributed by atoms with van der Waals surface area (Å²) in [5.41, 5.74) is 0.455. The predicted octanol–water partition coefficient (Wildman–Crippen LogP) is 4.45. The Morgan fingerprint density at radius 2 is 1.76 bits per heavy atom. The normalized spacial score (nSPS) is 13.5. The quantitative estimate of drug-likeness (QED) is 0.837. The summed E-state index contributed by atoms with van der Waals surface area (Å²) >= 11 is 1.88. The third-order valence-corrected chi connectivity index (χ3v) is 3.87. The fraction of sp³-hybridized carbons (Fsp3) is 0.600. The second-order valence-electron chi connectivity index (χ2n) is 6.49. The zero-order valence-corrected chi connectivity index (χ0v) is 12.7. The third kappa shape index (κ3) is 5.51. The molecule has 0 saturated heterocycles. The van der Waals surface area contributed by atoms with Crippen molar-refractivity contribution in [3.05, 3.63) is 28.0 Å². The predicted molar refractivity (Wildman–Crippen MR) is 79.8 cm³/mol. The third-order valence-electron chi connectivity index (χ3n) is 2.40. The summed E-state index contributed by atoms with van der Waals surface area (Å²) in [5.74, 6) is 0. The zero-order chi connectivity index (χ0) is 13.1. The van der Waals surface area contributed by atoms with E-state index >= 15 is 0 Å². The van der Waals surface area contributed by atoms with Crippen LogP contribution in [0.15, 0.2) is 18.2 Å². The van der Waals surface area contributed by atoms with Crippen LogP contribution in [0.1, 0.15) is 51.3 Å². The molecule has 0 aliphatic carbocycles. The maximum absolute atomic E-state index is 3.45. The first-order chi connectivity index (χ1) is 7.68. The molecule has 0 amide bonds. The van der Waals surface area contributed by atoms with Gasteiger partial charge in [-0.05, 0) is 44.4 Å². The molecule has 0 aliphatic rings. The van der Waals surface area contributed by atoms with Crippen LogP contribution in [0, 0.1) is 0 Å². The molecule has 0 spiro atoms. The Kier molecular flexibility index (Phi) is 4.56. The number of hydrogen-bond acceptors (Lipinski definition) is 2. The van der Waals surface area contributed by atoms with Gasteiger partial charge in [0, 0.05) is 21.8 Å². The standard InChI is InChI=1S/C15H25NS/c1-14(2,3)13-10-9-12(17-13)8-7-11-16-15(4,5)6/h7-10,16H,11H2,1-6H3/b8-7+. The van der Waals surface area contributed by atoms with Gasteiger partial charge in [-0.3, -0.25) is 0 Å². The van der Waals surface area contributed by atoms with Crippen LogP contribution >= 0.6 is 11.3 Å². The van der Waals surface area contributed by atoms with E-state index < -0.39 is 0 Å². The van der Waals surface area contributed by atoms with Gasteiger partial charge in [0.15, 0.2) is 0 Å². The Morgan fingerprint density at radius 1 is 1.12 bits per heavy atom. The molecule has 0 radical (unpaired) electrons. The molecule has 2 heteroatoms. The Labute approximate surface area is 110 Å². The first-order valence-corrected chi connectivity index (χ1v) is 7.02. The Balaban J connectivity index is 2.53. The summed E-state index contributed by atoms with van der Waals surface area (Å²) in [5, 5.41) is 3.45. The summed E-state index contributed by atoms with van der Waals surface area (Å²) in [6, 6.07) is 4.44. The van der Waals surface area contributed by atoms with Gasteiger partial charge < -0.3 is 5.32 Å². The molecule has 0 unspecified atom stereocenters. The summed E-state index contributed by atoms with van der Waals surface area (Å²) in [6.07, 6.45) is 4.40. The maximum Gasteiger partial charge on any atom is 0.0270 e. The van der Waals surface area contributed by atoms with Crippen molar-refractivity contribution in [3.63, 3.8) is 0 Å². The van der Waals surface area contributed by atoms with Crippen LogP contribution < -0.4 is 5.32 Å². The van der Waals surface area contributed by atoms with Gasteiger partial charge in [0.05, 0.1) is 0 Å². The molecule has 0 saturated carbocycles. The molecule has 1 aromatic rings. The summed E-state index contributed by atoms with van der Waals surface area (Å²) in [6.45, 7) is 14.2. The van der Waals surface area contributed by atoms with E-state index in [1.54, 1.807) is 0 Å². The lowest BCUT2D eigenvalue weighted by Crippen LogP contribution is -2.35. The molecule has 1 heterocycles. The molecule has 1 nitrogen and oxygen atoms in total. The van der Waals surface area contributed by atoms with Crippen molar-refractivity contribution in [1.29, 1.82) is 0 Å². The average molecular weight is 251 g/mol. The highest BCUT2D eigenvalue weighted by atomic mass is 32.1. The summed E-state index contributed by atoms with van der Waals surface area (Å²) < 4.78 is 0. The van der Waals surface area contributed by atoms with Gasteiger partial charge in [-0.2, -0.15) is 0 Å². The monoisotopic (exact) mass is 251 g/mol. The zero-order valence-electron chi connectivity index (χ0n) is 11.9. The van der Waals surface area contributed by atoms with Gasteiger partial charge in [0.25, 0.3) is 0 Å². The van der Waals surface area contributed by atoms with Crippen molar-refractivity contribution in [3.8, 4) is 0 Å². The molecular formula is C15H25NS. The fourth-order valence-corrected chi connectivity index (χ4v) is 2.38. The number of rotatable bonds is 3. The molecular weight excluding hydrogens is 226 g/mol. The Bertz CT molecular complexity index is 374. The van der Waals surface area contributed by atoms with E-state index in [2.05, 4.69) is 71.1 Å². The molecule has 96 valence electrons. The van der Waals surface area contributed by atoms with Crippen molar-refractivity contribution < 1.29 is 0 Å². The van der Waals surface area contributed by atoms with Gasteiger partial charge >= 0.3 is 0 Å². The lowest BCUT2D eigenvalue weighted by Gasteiger charge is -2.18. The highest BCUT2D eigenvalue weighted by Crippen LogP contribution is 2.29. The molecule has 0 aromatic carbocycles. The Hall–Kier alpha value is -0.600. The van der Waals surface area contributed by atoms with Gasteiger partial charge in [-0.15, -0.1) is 11.3 Å². The number of thiophene rings is 1. The van der Waals surface area contributed by atoms with Crippen molar-refractivity contribution in [2.24, 2.45) is 0 Å². The van der Waals surface area contributed by atoms with Crippen LogP contribution in [0.3, 0.4) is 0 Å². The molecule has 0 atom stereocenters. The van der Waals surface area contributed by atoms with E-state index in [9.17, 15) is 0 Å². The molecule has 0 bridgehead atoms. The van der Waals surface area contributed by atoms with E-state index in [0.29, 0.717) is 0 Å². The van der Waals surface area contributed by atoms with Crippen molar-refractivity contribution >= 4 is 17.4 Å². The van der Waals surface area contributed by atoms with E-state index in [1.165, 1.54) is 9.75 Å². The molecule has 1 rings (SSSR count). The highest BCUT2D eigenvalue weighted by molar-refractivity contribution is 7.13. The van der Waals surface area contributed by atoms with Crippen LogP contribution in [0.25, 0.3) is 6.08 Å². The van der Waals surface area contributed by atoms with Crippen LogP contribution in [0.5, 0.6) is 0 Å². The molecule has 0 aliphatic heterocycles. The van der Waals surface area contributed by atoms with Crippen molar-refractivity contribution in [2.45, 2.75) is 52.5 Å². The Morgan fingerprint density at radius 3 is 2.24 bits per heavy atom. The first kappa shape index (κ1) is 14.5. The molecule has 0 fully saturated rings. The van der Waals surface area contributed by atoms with E-state index in [-0.39, 0.29) is 11.0 Å². The summed E-state index contributed by atoms with van der Waals surface area (Å²) in [4.78, 5) is 2.78. The smallest absolute Gasteiger partial charge is 0.0270 e. The molecule has 1 aromatic heterocycles. The number of nitrogens with one attached hydrogen (secondary N) is 1. The fourth-order valence-electron chi connectivity index (χ4n) is 1.39. The van der Waals surface area contributed by atoms with Crippen molar-refractivity contribution in [2.75, 3.05) is 6.54 Å². The lowest BCUT2D eigenvalue weighted by atomic mass is 9.95. The van der Waals surface area contributed by atoms with E-state index in [4.69, 9.17) is 0 Å². The minimum atomic E-state index is 0.191. The van der Waals surface area contributed by atoms with Crippen LogP contribution in [0.4, 0.5) is 0 Å². The van der Waals surface area contributed by atoms with Gasteiger partial charge in [-0.25, -0.2) is 0 Å². The van der Waals surface area contributed by atoms with Crippen LogP contribution in [-0.4, -0.2) is 12.1 Å². The van der Waals surface area contributed by atoms with Crippen LogP contribution in [0.2, 0.25) is 0 Å². The topological polar surface area (TPSA) is 12.0 Å². The largest absolute Gasteiger partial charge is 0.309 e. The molecule has 1 N–H and O–H groups in total. The second-order valence-corrected chi connectivity index (χ2v) is 7.60. The van der Waals surface area contributed by atoms with Gasteiger partial charge in [0.2, 0.25) is 0 Å². The molecule has 17 heavy (non-hydrogen) atoms. The van der Waals surface area contributed by atoms with Gasteiger partial charge in [0.1, 0.15) is 0 Å². The average Bonchev–Trinajstić information content (AvgIpc) is 2.58. The van der Waals surface area contributed by atoms with Crippen molar-refractivity contribution in [1.82, 2.24) is 5.32 Å². The highest BCUT2D eigenvalue weighted by Gasteiger charge is 2.15.